The van der Waals surface area contributed by atoms with Gasteiger partial charge in [0.1, 0.15) is 17.5 Å². The van der Waals surface area contributed by atoms with Crippen LogP contribution >= 0.6 is 58.0 Å². The Balaban J connectivity index is 1.37. The molecule has 0 aliphatic carbocycles. The van der Waals surface area contributed by atoms with Crippen molar-refractivity contribution in [2.24, 2.45) is 0 Å². The highest BCUT2D eigenvalue weighted by Crippen LogP contribution is 2.36. The van der Waals surface area contributed by atoms with Gasteiger partial charge in [-0.2, -0.15) is 9.97 Å². The number of nitrogen functional groups attached to an aromatic ring is 1. The Kier molecular flexibility index (Phi) is 9.39. The van der Waals surface area contributed by atoms with Crippen LogP contribution in [0.5, 0.6) is 0 Å². The molecule has 0 saturated carbocycles. The molecule has 6 aromatic rings. The molecule has 2 aromatic carbocycles. The first-order valence-electron chi connectivity index (χ1n) is 13.3. The summed E-state index contributed by atoms with van der Waals surface area (Å²) < 4.78 is 11.0. The van der Waals surface area contributed by atoms with E-state index >= 15 is 0 Å². The minimum absolute atomic E-state index is 0.160. The van der Waals surface area contributed by atoms with E-state index in [4.69, 9.17) is 72.8 Å². The maximum Gasteiger partial charge on any atom is 0.240 e. The Morgan fingerprint density at radius 1 is 0.739 bits per heavy atom. The molecule has 11 nitrogen and oxygen atoms in total. The van der Waals surface area contributed by atoms with Crippen molar-refractivity contribution in [2.45, 2.75) is 12.8 Å². The van der Waals surface area contributed by atoms with Gasteiger partial charge in [0, 0.05) is 22.9 Å². The van der Waals surface area contributed by atoms with Crippen molar-refractivity contribution in [1.29, 1.82) is 0 Å². The van der Waals surface area contributed by atoms with Crippen molar-refractivity contribution in [3.8, 4) is 34.0 Å². The smallest absolute Gasteiger partial charge is 0.240 e. The molecule has 4 aromatic heterocycles. The first-order chi connectivity index (χ1) is 22.2. The number of carbonyl (C=O) groups excluding carboxylic acids is 1. The molecule has 0 unspecified atom stereocenters. The van der Waals surface area contributed by atoms with Crippen molar-refractivity contribution in [3.63, 3.8) is 0 Å². The van der Waals surface area contributed by atoms with E-state index in [1.807, 2.05) is 12.1 Å². The van der Waals surface area contributed by atoms with E-state index in [9.17, 15) is 4.79 Å². The average molecular weight is 717 g/mol. The van der Waals surface area contributed by atoms with Crippen LogP contribution in [0, 0.1) is 0 Å². The van der Waals surface area contributed by atoms with Crippen molar-refractivity contribution < 1.29 is 13.8 Å². The van der Waals surface area contributed by atoms with Gasteiger partial charge in [-0.05, 0) is 53.6 Å². The minimum Gasteiger partial charge on any atom is -0.384 e. The first kappa shape index (κ1) is 31.7. The Hall–Kier alpha value is -4.26. The molecular formula is C30H19Cl5N8O3. The maximum absolute atomic E-state index is 12.3. The van der Waals surface area contributed by atoms with E-state index < -0.39 is 5.91 Å². The van der Waals surface area contributed by atoms with E-state index in [0.29, 0.717) is 67.1 Å². The van der Waals surface area contributed by atoms with Gasteiger partial charge in [-0.1, -0.05) is 68.8 Å². The van der Waals surface area contributed by atoms with E-state index in [2.05, 4.69) is 35.6 Å². The topological polar surface area (TPSA) is 159 Å². The van der Waals surface area contributed by atoms with Crippen LogP contribution in [0.2, 0.25) is 20.1 Å². The summed E-state index contributed by atoms with van der Waals surface area (Å²) in [5, 5.41) is 12.7. The lowest BCUT2D eigenvalue weighted by molar-refractivity contribution is -0.113. The Labute approximate surface area is 286 Å². The Morgan fingerprint density at radius 2 is 1.35 bits per heavy atom. The standard InChI is InChI=1S/C30H19Cl5N8O3/c31-12-24(44)39-29-18(11-16(13-37-29)28-40-25(45-42-28)9-14-1-4-19(32)21(34)7-14)27-17(3-6-23(36)38-27)30-41-26(46-43-30)10-15-2-5-20(33)22(35)8-15/h1-8,11,13H,9-10,12H2,(H2,36,38)(H,37,39,44). The zero-order valence-electron chi connectivity index (χ0n) is 23.3. The molecule has 4 heterocycles. The normalized spacial score (nSPS) is 11.2. The number of carbonyl (C=O) groups is 1. The number of rotatable bonds is 9. The summed E-state index contributed by atoms with van der Waals surface area (Å²) in [6.07, 6.45) is 2.10. The van der Waals surface area contributed by atoms with Gasteiger partial charge in [0.25, 0.3) is 0 Å². The molecule has 0 atom stereocenters. The van der Waals surface area contributed by atoms with Gasteiger partial charge in [0.2, 0.25) is 29.3 Å². The van der Waals surface area contributed by atoms with Crippen molar-refractivity contribution in [3.05, 3.63) is 104 Å². The van der Waals surface area contributed by atoms with E-state index in [1.54, 1.807) is 42.5 Å². The second kappa shape index (κ2) is 13.6. The third-order valence-corrected chi connectivity index (χ3v) is 8.27. The number of hydrogen-bond donors (Lipinski definition) is 2. The Morgan fingerprint density at radius 3 is 1.96 bits per heavy atom. The molecule has 16 heteroatoms. The fourth-order valence-corrected chi connectivity index (χ4v) is 5.13. The van der Waals surface area contributed by atoms with Crippen LogP contribution in [0.25, 0.3) is 34.0 Å². The number of benzene rings is 2. The third kappa shape index (κ3) is 7.09. The van der Waals surface area contributed by atoms with Crippen LogP contribution in [0.1, 0.15) is 22.9 Å². The number of alkyl halides is 1. The highest BCUT2D eigenvalue weighted by Gasteiger charge is 2.22. The predicted octanol–water partition coefficient (Wildman–Crippen LogP) is 7.80. The van der Waals surface area contributed by atoms with Crippen molar-refractivity contribution in [1.82, 2.24) is 30.2 Å². The number of nitrogens with zero attached hydrogens (tertiary/aromatic N) is 6. The summed E-state index contributed by atoms with van der Waals surface area (Å²) in [6.45, 7) is 0. The predicted molar refractivity (Wildman–Crippen MR) is 176 cm³/mol. The van der Waals surface area contributed by atoms with Crippen LogP contribution in [0.15, 0.2) is 69.8 Å². The monoisotopic (exact) mass is 714 g/mol. The zero-order valence-corrected chi connectivity index (χ0v) is 27.0. The number of halogens is 5. The van der Waals surface area contributed by atoms with Crippen LogP contribution in [-0.4, -0.2) is 42.0 Å². The minimum atomic E-state index is -0.486. The van der Waals surface area contributed by atoms with Gasteiger partial charge in [0.15, 0.2) is 0 Å². The summed E-state index contributed by atoms with van der Waals surface area (Å²) in [4.78, 5) is 30.4. The van der Waals surface area contributed by atoms with Gasteiger partial charge in [-0.15, -0.1) is 11.6 Å². The summed E-state index contributed by atoms with van der Waals surface area (Å²) >= 11 is 30.2. The van der Waals surface area contributed by atoms with E-state index in [-0.39, 0.29) is 29.2 Å². The Bertz CT molecular complexity index is 2080. The molecule has 6 rings (SSSR count). The largest absolute Gasteiger partial charge is 0.384 e. The van der Waals surface area contributed by atoms with Crippen molar-refractivity contribution >= 4 is 75.5 Å². The molecular weight excluding hydrogens is 698 g/mol. The fourth-order valence-electron chi connectivity index (χ4n) is 4.42. The van der Waals surface area contributed by atoms with Gasteiger partial charge in [-0.25, -0.2) is 9.97 Å². The van der Waals surface area contributed by atoms with E-state index in [0.717, 1.165) is 11.1 Å². The highest BCUT2D eigenvalue weighted by atomic mass is 35.5. The molecule has 3 N–H and O–H groups in total. The molecule has 0 aliphatic heterocycles. The number of amides is 1. The van der Waals surface area contributed by atoms with E-state index in [1.165, 1.54) is 6.20 Å². The first-order valence-corrected chi connectivity index (χ1v) is 15.4. The van der Waals surface area contributed by atoms with Crippen LogP contribution in [-0.2, 0) is 17.6 Å². The summed E-state index contributed by atoms with van der Waals surface area (Å²) in [6, 6.07) is 15.4. The van der Waals surface area contributed by atoms with Gasteiger partial charge < -0.3 is 20.1 Å². The maximum atomic E-state index is 12.3. The molecule has 0 saturated heterocycles. The molecule has 232 valence electrons. The second-order valence-corrected chi connectivity index (χ2v) is 11.7. The summed E-state index contributed by atoms with van der Waals surface area (Å²) in [5.41, 5.74) is 9.35. The molecule has 0 radical (unpaired) electrons. The fraction of sp³-hybridized carbons (Fsp3) is 0.100. The van der Waals surface area contributed by atoms with Gasteiger partial charge >= 0.3 is 0 Å². The molecule has 0 bridgehead atoms. The number of hydrogen-bond acceptors (Lipinski definition) is 10. The van der Waals surface area contributed by atoms with Crippen LogP contribution in [0.4, 0.5) is 11.6 Å². The summed E-state index contributed by atoms with van der Waals surface area (Å²) in [5.74, 6) is 0.689. The van der Waals surface area contributed by atoms with Crippen LogP contribution in [0.3, 0.4) is 0 Å². The third-order valence-electron chi connectivity index (χ3n) is 6.55. The van der Waals surface area contributed by atoms with Crippen molar-refractivity contribution in [2.75, 3.05) is 16.9 Å². The molecule has 0 fully saturated rings. The highest BCUT2D eigenvalue weighted by molar-refractivity contribution is 6.42. The summed E-state index contributed by atoms with van der Waals surface area (Å²) in [7, 11) is 0. The number of pyridine rings is 2. The number of nitrogens with two attached hydrogens (primary N) is 1. The lowest BCUT2D eigenvalue weighted by Gasteiger charge is -2.13. The molecule has 46 heavy (non-hydrogen) atoms. The molecule has 1 amide bonds. The zero-order chi connectivity index (χ0) is 32.4. The number of anilines is 2. The lowest BCUT2D eigenvalue weighted by Crippen LogP contribution is -2.15. The average Bonchev–Trinajstić information content (AvgIpc) is 3.71. The SMILES string of the molecule is Nc1ccc(-c2noc(Cc3ccc(Cl)c(Cl)c3)n2)c(-c2cc(-c3noc(Cc4ccc(Cl)c(Cl)c4)n3)cnc2NC(=O)CCl)n1. The van der Waals surface area contributed by atoms with Gasteiger partial charge in [0.05, 0.1) is 38.6 Å². The van der Waals surface area contributed by atoms with Crippen LogP contribution < -0.4 is 11.1 Å². The van der Waals surface area contributed by atoms with Gasteiger partial charge in [-0.3, -0.25) is 4.79 Å². The second-order valence-electron chi connectivity index (χ2n) is 9.81. The number of aromatic nitrogens is 6. The lowest BCUT2D eigenvalue weighted by atomic mass is 10.0. The molecule has 0 aliphatic rings. The quantitative estimate of drug-likeness (QED) is 0.141. The molecule has 0 spiro atoms. The number of nitrogens with one attached hydrogen (secondary N) is 1.